The van der Waals surface area contributed by atoms with Crippen LogP contribution in [0.1, 0.15) is 61.5 Å². The van der Waals surface area contributed by atoms with Crippen molar-refractivity contribution in [2.45, 2.75) is 65.3 Å². The highest BCUT2D eigenvalue weighted by atomic mass is 15.0. The molecule has 0 N–H and O–H groups in total. The van der Waals surface area contributed by atoms with Gasteiger partial charge in [-0.1, -0.05) is 38.3 Å². The molecule has 0 radical (unpaired) electrons. The van der Waals surface area contributed by atoms with E-state index in [0.717, 1.165) is 6.42 Å². The molecule has 1 aromatic heterocycles. The Morgan fingerprint density at radius 1 is 1.09 bits per heavy atom. The number of hydrogen-bond donors (Lipinski definition) is 0. The summed E-state index contributed by atoms with van der Waals surface area (Å²) in [5, 5.41) is 0. The van der Waals surface area contributed by atoms with E-state index in [1.807, 2.05) is 0 Å². The van der Waals surface area contributed by atoms with Crippen molar-refractivity contribution in [2.75, 3.05) is 0 Å². The van der Waals surface area contributed by atoms with Crippen LogP contribution in [-0.2, 0) is 6.42 Å². The molecule has 3 rings (SSSR count). The van der Waals surface area contributed by atoms with Gasteiger partial charge in [-0.25, -0.2) is 0 Å². The van der Waals surface area contributed by atoms with Gasteiger partial charge < -0.3 is 4.57 Å². The first-order valence-electron chi connectivity index (χ1n) is 9.00. The topological polar surface area (TPSA) is 17.3 Å². The van der Waals surface area contributed by atoms with E-state index in [4.69, 9.17) is 4.99 Å². The summed E-state index contributed by atoms with van der Waals surface area (Å²) in [5.41, 5.74) is 6.45. The van der Waals surface area contributed by atoms with Gasteiger partial charge >= 0.3 is 0 Å². The first-order valence-corrected chi connectivity index (χ1v) is 9.00. The molecule has 0 bridgehead atoms. The molecule has 1 fully saturated rings. The van der Waals surface area contributed by atoms with Gasteiger partial charge in [0.25, 0.3) is 0 Å². The van der Waals surface area contributed by atoms with Crippen molar-refractivity contribution in [3.05, 3.63) is 52.8 Å². The van der Waals surface area contributed by atoms with E-state index in [-0.39, 0.29) is 0 Å². The molecule has 1 heterocycles. The molecule has 0 amide bonds. The highest BCUT2D eigenvalue weighted by Crippen LogP contribution is 2.23. The first kappa shape index (κ1) is 16.0. The lowest BCUT2D eigenvalue weighted by Crippen LogP contribution is -2.09. The molecule has 0 atom stereocenters. The van der Waals surface area contributed by atoms with Crippen LogP contribution in [0.2, 0.25) is 0 Å². The fourth-order valence-electron chi connectivity index (χ4n) is 3.61. The highest BCUT2D eigenvalue weighted by molar-refractivity contribution is 5.82. The summed E-state index contributed by atoms with van der Waals surface area (Å²) in [7, 11) is 0. The molecular formula is C21H28N2. The third kappa shape index (κ3) is 3.57. The smallest absolute Gasteiger partial charge is 0.0499 e. The number of nitrogens with zero attached hydrogens (tertiary/aromatic N) is 2. The van der Waals surface area contributed by atoms with Crippen LogP contribution in [-0.4, -0.2) is 16.8 Å². The van der Waals surface area contributed by atoms with Gasteiger partial charge in [-0.15, -0.1) is 0 Å². The lowest BCUT2D eigenvalue weighted by atomic mass is 9.96. The zero-order valence-electron chi connectivity index (χ0n) is 14.7. The van der Waals surface area contributed by atoms with Gasteiger partial charge in [0.1, 0.15) is 0 Å². The quantitative estimate of drug-likeness (QED) is 0.672. The van der Waals surface area contributed by atoms with E-state index in [0.29, 0.717) is 6.04 Å². The maximum absolute atomic E-state index is 4.85. The summed E-state index contributed by atoms with van der Waals surface area (Å²) >= 11 is 0. The third-order valence-electron chi connectivity index (χ3n) is 5.07. The second kappa shape index (κ2) is 7.16. The Kier molecular flexibility index (Phi) is 5.00. The monoisotopic (exact) mass is 308 g/mol. The first-order chi connectivity index (χ1) is 11.2. The number of aliphatic imine (C=N–C) groups is 1. The van der Waals surface area contributed by atoms with E-state index in [1.54, 1.807) is 0 Å². The Bertz CT molecular complexity index is 671. The van der Waals surface area contributed by atoms with Crippen LogP contribution in [0.15, 0.2) is 35.3 Å². The highest BCUT2D eigenvalue weighted by Gasteiger charge is 2.13. The Morgan fingerprint density at radius 3 is 2.43 bits per heavy atom. The van der Waals surface area contributed by atoms with Crippen molar-refractivity contribution in [3.8, 4) is 5.69 Å². The van der Waals surface area contributed by atoms with Crippen LogP contribution in [0.25, 0.3) is 5.69 Å². The standard InChI is InChI=1S/C21H28N2/c1-4-18-10-12-21(13-11-18)23-16(2)14-19(17(23)3)15-22-20-8-6-5-7-9-20/h10-15,20H,4-9H2,1-3H3. The summed E-state index contributed by atoms with van der Waals surface area (Å²) in [4.78, 5) is 4.85. The molecule has 1 aliphatic rings. The van der Waals surface area contributed by atoms with E-state index in [2.05, 4.69) is 61.9 Å². The fraction of sp³-hybridized carbons (Fsp3) is 0.476. The van der Waals surface area contributed by atoms with E-state index < -0.39 is 0 Å². The fourth-order valence-corrected chi connectivity index (χ4v) is 3.61. The number of aryl methyl sites for hydroxylation is 2. The number of aromatic nitrogens is 1. The maximum atomic E-state index is 4.85. The van der Waals surface area contributed by atoms with Gasteiger partial charge in [-0.05, 0) is 56.9 Å². The molecule has 2 nitrogen and oxygen atoms in total. The van der Waals surface area contributed by atoms with Crippen LogP contribution in [0.3, 0.4) is 0 Å². The minimum absolute atomic E-state index is 0.538. The molecule has 0 unspecified atom stereocenters. The normalized spacial score (nSPS) is 16.3. The molecule has 1 aliphatic carbocycles. The predicted molar refractivity (Wildman–Crippen MR) is 99.1 cm³/mol. The lowest BCUT2D eigenvalue weighted by molar-refractivity contribution is 0.444. The van der Waals surface area contributed by atoms with Crippen LogP contribution in [0, 0.1) is 13.8 Å². The molecule has 2 aromatic rings. The van der Waals surface area contributed by atoms with Crippen molar-refractivity contribution in [2.24, 2.45) is 4.99 Å². The van der Waals surface area contributed by atoms with Crippen molar-refractivity contribution in [1.29, 1.82) is 0 Å². The zero-order valence-corrected chi connectivity index (χ0v) is 14.7. The van der Waals surface area contributed by atoms with E-state index >= 15 is 0 Å². The Balaban J connectivity index is 1.84. The van der Waals surface area contributed by atoms with Gasteiger partial charge in [-0.2, -0.15) is 0 Å². The summed E-state index contributed by atoms with van der Waals surface area (Å²) in [6.07, 6.45) is 9.77. The third-order valence-corrected chi connectivity index (χ3v) is 5.07. The second-order valence-electron chi connectivity index (χ2n) is 6.75. The van der Waals surface area contributed by atoms with Crippen molar-refractivity contribution < 1.29 is 0 Å². The average Bonchev–Trinajstić information content (AvgIpc) is 2.88. The van der Waals surface area contributed by atoms with Gasteiger partial charge in [0.2, 0.25) is 0 Å². The summed E-state index contributed by atoms with van der Waals surface area (Å²) in [6.45, 7) is 6.57. The minimum atomic E-state index is 0.538. The lowest BCUT2D eigenvalue weighted by Gasteiger charge is -2.17. The largest absolute Gasteiger partial charge is 0.318 e. The van der Waals surface area contributed by atoms with E-state index in [1.165, 1.54) is 60.3 Å². The summed E-state index contributed by atoms with van der Waals surface area (Å²) < 4.78 is 2.33. The molecule has 23 heavy (non-hydrogen) atoms. The summed E-state index contributed by atoms with van der Waals surface area (Å²) in [5.74, 6) is 0. The van der Waals surface area contributed by atoms with Gasteiger partial charge in [0.05, 0.1) is 0 Å². The van der Waals surface area contributed by atoms with E-state index in [9.17, 15) is 0 Å². The van der Waals surface area contributed by atoms with Crippen LogP contribution in [0.4, 0.5) is 0 Å². The van der Waals surface area contributed by atoms with Gasteiger partial charge in [0, 0.05) is 34.9 Å². The van der Waals surface area contributed by atoms with Crippen LogP contribution < -0.4 is 0 Å². The van der Waals surface area contributed by atoms with Crippen LogP contribution >= 0.6 is 0 Å². The van der Waals surface area contributed by atoms with Crippen LogP contribution in [0.5, 0.6) is 0 Å². The van der Waals surface area contributed by atoms with Crippen molar-refractivity contribution >= 4 is 6.21 Å². The SMILES string of the molecule is CCc1ccc(-n2c(C)cc(C=NC3CCCCC3)c2C)cc1. The van der Waals surface area contributed by atoms with Crippen molar-refractivity contribution in [3.63, 3.8) is 0 Å². The zero-order chi connectivity index (χ0) is 16.2. The molecule has 0 saturated heterocycles. The molecule has 1 saturated carbocycles. The maximum Gasteiger partial charge on any atom is 0.0499 e. The number of hydrogen-bond acceptors (Lipinski definition) is 1. The predicted octanol–water partition coefficient (Wildman–Crippen LogP) is 5.41. The van der Waals surface area contributed by atoms with Crippen molar-refractivity contribution in [1.82, 2.24) is 4.57 Å². The summed E-state index contributed by atoms with van der Waals surface area (Å²) in [6, 6.07) is 11.7. The molecule has 122 valence electrons. The Labute approximate surface area is 140 Å². The Morgan fingerprint density at radius 2 is 1.78 bits per heavy atom. The minimum Gasteiger partial charge on any atom is -0.318 e. The molecule has 2 heteroatoms. The van der Waals surface area contributed by atoms with Gasteiger partial charge in [0.15, 0.2) is 0 Å². The number of rotatable bonds is 4. The molecule has 1 aromatic carbocycles. The van der Waals surface area contributed by atoms with Gasteiger partial charge in [-0.3, -0.25) is 4.99 Å². The molecule has 0 spiro atoms. The molecule has 0 aliphatic heterocycles. The second-order valence-corrected chi connectivity index (χ2v) is 6.75. The molecular weight excluding hydrogens is 280 g/mol. The Hall–Kier alpha value is -1.83. The average molecular weight is 308 g/mol. The number of benzene rings is 1.